The molecule has 4 nitrogen and oxygen atoms in total. The van der Waals surface area contributed by atoms with Gasteiger partial charge in [0.05, 0.1) is 17.7 Å². The fourth-order valence-electron chi connectivity index (χ4n) is 1.78. The Morgan fingerprint density at radius 1 is 1.53 bits per heavy atom. The van der Waals surface area contributed by atoms with E-state index in [2.05, 4.69) is 5.32 Å². The Balaban J connectivity index is 2.59. The molecule has 4 heteroatoms. The Kier molecular flexibility index (Phi) is 2.19. The molecule has 1 aromatic carbocycles. The van der Waals surface area contributed by atoms with Gasteiger partial charge in [-0.1, -0.05) is 13.0 Å². The van der Waals surface area contributed by atoms with Crippen LogP contribution in [0.2, 0.25) is 0 Å². The standard InChI is InChI=1S/C11H11NO3/c1-2-6-3-7-5-9(13)12-10(7)8(4-6)11(14)15/h3-4H,2,5H2,1H3,(H,12,13)(H,14,15). The van der Waals surface area contributed by atoms with Crippen LogP contribution in [0.5, 0.6) is 0 Å². The van der Waals surface area contributed by atoms with Crippen LogP contribution in [-0.2, 0) is 17.6 Å². The molecule has 1 aliphatic heterocycles. The summed E-state index contributed by atoms with van der Waals surface area (Å²) >= 11 is 0. The highest BCUT2D eigenvalue weighted by Gasteiger charge is 2.24. The summed E-state index contributed by atoms with van der Waals surface area (Å²) in [6.45, 7) is 1.96. The van der Waals surface area contributed by atoms with Crippen molar-refractivity contribution in [2.75, 3.05) is 5.32 Å². The van der Waals surface area contributed by atoms with Gasteiger partial charge in [0.2, 0.25) is 5.91 Å². The molecule has 0 saturated heterocycles. The molecule has 0 saturated carbocycles. The number of carbonyl (C=O) groups is 2. The Bertz CT molecular complexity index is 451. The van der Waals surface area contributed by atoms with E-state index in [1.165, 1.54) is 0 Å². The lowest BCUT2D eigenvalue weighted by Gasteiger charge is -2.06. The quantitative estimate of drug-likeness (QED) is 0.767. The smallest absolute Gasteiger partial charge is 0.337 e. The third-order valence-electron chi connectivity index (χ3n) is 2.53. The van der Waals surface area contributed by atoms with Crippen LogP contribution in [0.4, 0.5) is 5.69 Å². The number of hydrogen-bond acceptors (Lipinski definition) is 2. The van der Waals surface area contributed by atoms with Crippen molar-refractivity contribution in [2.45, 2.75) is 19.8 Å². The lowest BCUT2D eigenvalue weighted by Crippen LogP contribution is -2.07. The number of aryl methyl sites for hydroxylation is 1. The van der Waals surface area contributed by atoms with Crippen molar-refractivity contribution < 1.29 is 14.7 Å². The number of fused-ring (bicyclic) bond motifs is 1. The highest BCUT2D eigenvalue weighted by atomic mass is 16.4. The number of hydrogen-bond donors (Lipinski definition) is 2. The van der Waals surface area contributed by atoms with E-state index >= 15 is 0 Å². The molecule has 0 aliphatic carbocycles. The number of anilines is 1. The monoisotopic (exact) mass is 205 g/mol. The second-order valence-corrected chi connectivity index (χ2v) is 3.56. The van der Waals surface area contributed by atoms with E-state index in [4.69, 9.17) is 5.11 Å². The highest BCUT2D eigenvalue weighted by Crippen LogP contribution is 2.29. The summed E-state index contributed by atoms with van der Waals surface area (Å²) in [5.41, 5.74) is 2.39. The molecule has 0 bridgehead atoms. The Morgan fingerprint density at radius 3 is 2.87 bits per heavy atom. The number of benzene rings is 1. The van der Waals surface area contributed by atoms with Crippen molar-refractivity contribution in [3.05, 3.63) is 28.8 Å². The zero-order valence-corrected chi connectivity index (χ0v) is 8.33. The van der Waals surface area contributed by atoms with Crippen molar-refractivity contribution in [3.8, 4) is 0 Å². The fourth-order valence-corrected chi connectivity index (χ4v) is 1.78. The predicted octanol–water partition coefficient (Wildman–Crippen LogP) is 1.44. The fraction of sp³-hybridized carbons (Fsp3) is 0.273. The molecule has 1 aromatic rings. The zero-order chi connectivity index (χ0) is 11.0. The second-order valence-electron chi connectivity index (χ2n) is 3.56. The summed E-state index contributed by atoms with van der Waals surface area (Å²) in [5.74, 6) is -1.13. The first kappa shape index (κ1) is 9.71. The van der Waals surface area contributed by atoms with Gasteiger partial charge < -0.3 is 10.4 Å². The third-order valence-corrected chi connectivity index (χ3v) is 2.53. The maximum atomic E-state index is 11.2. The minimum Gasteiger partial charge on any atom is -0.478 e. The molecule has 2 N–H and O–H groups in total. The number of carboxylic acid groups (broad SMARTS) is 1. The maximum Gasteiger partial charge on any atom is 0.337 e. The van der Waals surface area contributed by atoms with Gasteiger partial charge in [-0.3, -0.25) is 4.79 Å². The van der Waals surface area contributed by atoms with Gasteiger partial charge in [-0.15, -0.1) is 0 Å². The van der Waals surface area contributed by atoms with Crippen LogP contribution < -0.4 is 5.32 Å². The summed E-state index contributed by atoms with van der Waals surface area (Å²) in [7, 11) is 0. The minimum absolute atomic E-state index is 0.138. The molecular formula is C11H11NO3. The van der Waals surface area contributed by atoms with Crippen molar-refractivity contribution in [1.29, 1.82) is 0 Å². The molecule has 0 spiro atoms. The molecule has 1 amide bonds. The first-order chi connectivity index (χ1) is 7.11. The first-order valence-electron chi connectivity index (χ1n) is 4.80. The van der Waals surface area contributed by atoms with Crippen molar-refractivity contribution >= 4 is 17.6 Å². The molecule has 0 atom stereocenters. The topological polar surface area (TPSA) is 66.4 Å². The molecule has 0 fully saturated rings. The van der Waals surface area contributed by atoms with Crippen molar-refractivity contribution in [3.63, 3.8) is 0 Å². The van der Waals surface area contributed by atoms with Crippen LogP contribution in [0.15, 0.2) is 12.1 Å². The Hall–Kier alpha value is -1.84. The number of aromatic carboxylic acids is 1. The molecule has 0 aromatic heterocycles. The van der Waals surface area contributed by atoms with E-state index in [1.54, 1.807) is 6.07 Å². The van der Waals surface area contributed by atoms with Crippen LogP contribution in [0.3, 0.4) is 0 Å². The molecule has 1 aliphatic rings. The van der Waals surface area contributed by atoms with E-state index in [9.17, 15) is 9.59 Å². The normalized spacial score (nSPS) is 13.5. The van der Waals surface area contributed by atoms with Crippen LogP contribution in [0.25, 0.3) is 0 Å². The van der Waals surface area contributed by atoms with Crippen LogP contribution in [-0.4, -0.2) is 17.0 Å². The number of nitrogens with one attached hydrogen (secondary N) is 1. The van der Waals surface area contributed by atoms with E-state index < -0.39 is 5.97 Å². The summed E-state index contributed by atoms with van der Waals surface area (Å²) in [6, 6.07) is 3.51. The molecule has 0 unspecified atom stereocenters. The van der Waals surface area contributed by atoms with Gasteiger partial charge in [0, 0.05) is 0 Å². The largest absolute Gasteiger partial charge is 0.478 e. The lowest BCUT2D eigenvalue weighted by molar-refractivity contribution is -0.115. The van der Waals surface area contributed by atoms with Crippen molar-refractivity contribution in [2.24, 2.45) is 0 Å². The maximum absolute atomic E-state index is 11.2. The van der Waals surface area contributed by atoms with Gasteiger partial charge in [0.15, 0.2) is 0 Å². The molecular weight excluding hydrogens is 194 g/mol. The van der Waals surface area contributed by atoms with Gasteiger partial charge in [-0.2, -0.15) is 0 Å². The summed E-state index contributed by atoms with van der Waals surface area (Å²) in [4.78, 5) is 22.2. The van der Waals surface area contributed by atoms with Gasteiger partial charge in [-0.05, 0) is 23.6 Å². The van der Waals surface area contributed by atoms with Crippen molar-refractivity contribution in [1.82, 2.24) is 0 Å². The van der Waals surface area contributed by atoms with Crippen LogP contribution in [0.1, 0.15) is 28.4 Å². The summed E-state index contributed by atoms with van der Waals surface area (Å²) < 4.78 is 0. The predicted molar refractivity (Wildman–Crippen MR) is 55.1 cm³/mol. The molecule has 15 heavy (non-hydrogen) atoms. The Labute approximate surface area is 86.9 Å². The summed E-state index contributed by atoms with van der Waals surface area (Å²) in [6.07, 6.45) is 1.05. The van der Waals surface area contributed by atoms with Gasteiger partial charge in [-0.25, -0.2) is 4.79 Å². The summed E-state index contributed by atoms with van der Waals surface area (Å²) in [5, 5.41) is 11.6. The number of amides is 1. The lowest BCUT2D eigenvalue weighted by atomic mass is 10.0. The minimum atomic E-state index is -0.997. The Morgan fingerprint density at radius 2 is 2.27 bits per heavy atom. The molecule has 1 heterocycles. The van der Waals surface area contributed by atoms with E-state index in [0.717, 1.165) is 17.5 Å². The third kappa shape index (κ3) is 1.58. The molecule has 2 rings (SSSR count). The second kappa shape index (κ2) is 3.38. The van der Waals surface area contributed by atoms with Gasteiger partial charge in [0.1, 0.15) is 0 Å². The van der Waals surface area contributed by atoms with Gasteiger partial charge >= 0.3 is 5.97 Å². The first-order valence-corrected chi connectivity index (χ1v) is 4.80. The highest BCUT2D eigenvalue weighted by molar-refractivity contribution is 6.06. The van der Waals surface area contributed by atoms with E-state index in [-0.39, 0.29) is 17.9 Å². The SMILES string of the molecule is CCc1cc2c(c(C(=O)O)c1)NC(=O)C2. The molecule has 78 valence electrons. The van der Waals surface area contributed by atoms with Crippen LogP contribution in [0, 0.1) is 0 Å². The number of carboxylic acids is 1. The number of rotatable bonds is 2. The average molecular weight is 205 g/mol. The number of carbonyl (C=O) groups excluding carboxylic acids is 1. The zero-order valence-electron chi connectivity index (χ0n) is 8.33. The molecule has 0 radical (unpaired) electrons. The van der Waals surface area contributed by atoms with E-state index in [1.807, 2.05) is 13.0 Å². The van der Waals surface area contributed by atoms with E-state index in [0.29, 0.717) is 5.69 Å². The average Bonchev–Trinajstić information content (AvgIpc) is 2.55. The van der Waals surface area contributed by atoms with Gasteiger partial charge in [0.25, 0.3) is 0 Å². The van der Waals surface area contributed by atoms with Crippen LogP contribution >= 0.6 is 0 Å².